The van der Waals surface area contributed by atoms with Gasteiger partial charge in [0, 0.05) is 16.9 Å². The number of fused-ring (bicyclic) bond motifs is 6. The Morgan fingerprint density at radius 1 is 0.692 bits per heavy atom. The molecule has 0 fully saturated rings. The van der Waals surface area contributed by atoms with Crippen LogP contribution in [0.25, 0.3) is 33.4 Å². The van der Waals surface area contributed by atoms with Crippen LogP contribution in [0.4, 0.5) is 0 Å². The number of carbonyl (C=O) groups excluding carboxylic acids is 1. The molecule has 0 radical (unpaired) electrons. The van der Waals surface area contributed by atoms with Crippen molar-refractivity contribution in [3.05, 3.63) is 119 Å². The lowest BCUT2D eigenvalue weighted by atomic mass is 9.80. The van der Waals surface area contributed by atoms with Gasteiger partial charge in [-0.05, 0) is 92.6 Å². The molecule has 0 heterocycles. The first kappa shape index (κ1) is 25.4. The summed E-state index contributed by atoms with van der Waals surface area (Å²) in [5.74, 6) is -0.347. The van der Waals surface area contributed by atoms with Crippen LogP contribution < -0.4 is 0 Å². The standard InChI is InChI=1S/C37H36O2/c1-6-35(38)39-20-10-9-11-24-14-17-28-30-19-16-26(23-34(30)37(4,5)32(28)21-24)25-15-18-29-27-12-7-8-13-31(27)36(2,3)33(29)22-25/h6-8,12-19,21-23H,1,9-11,20H2,2-5H3. The summed E-state index contributed by atoms with van der Waals surface area (Å²) in [4.78, 5) is 11.3. The minimum absolute atomic E-state index is 0.00210. The smallest absolute Gasteiger partial charge is 0.330 e. The number of hydrogen-bond acceptors (Lipinski definition) is 2. The summed E-state index contributed by atoms with van der Waals surface area (Å²) in [6.07, 6.45) is 4.03. The van der Waals surface area contributed by atoms with Crippen molar-refractivity contribution in [3.8, 4) is 33.4 Å². The second-order valence-electron chi connectivity index (χ2n) is 12.0. The maximum absolute atomic E-state index is 11.3. The van der Waals surface area contributed by atoms with Crippen LogP contribution in [-0.4, -0.2) is 12.6 Å². The van der Waals surface area contributed by atoms with Crippen molar-refractivity contribution in [3.63, 3.8) is 0 Å². The van der Waals surface area contributed by atoms with E-state index in [0.29, 0.717) is 6.61 Å². The van der Waals surface area contributed by atoms with E-state index in [0.717, 1.165) is 19.3 Å². The third-order valence-electron chi connectivity index (χ3n) is 8.93. The Kier molecular flexibility index (Phi) is 6.10. The van der Waals surface area contributed by atoms with Crippen LogP contribution in [0.5, 0.6) is 0 Å². The third kappa shape index (κ3) is 4.14. The Balaban J connectivity index is 1.27. The van der Waals surface area contributed by atoms with Crippen LogP contribution in [0.15, 0.2) is 91.5 Å². The molecule has 2 nitrogen and oxygen atoms in total. The van der Waals surface area contributed by atoms with Crippen LogP contribution in [0.3, 0.4) is 0 Å². The SMILES string of the molecule is C=CC(=O)OCCCCc1ccc2c(c1)C(C)(C)c1cc(-c3ccc4c(c3)C(C)(C)c3ccccc3-4)ccc1-2. The summed E-state index contributed by atoms with van der Waals surface area (Å²) < 4.78 is 5.12. The minimum Gasteiger partial charge on any atom is -0.463 e. The number of ether oxygens (including phenoxy) is 1. The van der Waals surface area contributed by atoms with Gasteiger partial charge in [0.05, 0.1) is 6.61 Å². The molecule has 2 aliphatic carbocycles. The predicted molar refractivity (Wildman–Crippen MR) is 161 cm³/mol. The zero-order valence-corrected chi connectivity index (χ0v) is 23.4. The van der Waals surface area contributed by atoms with Gasteiger partial charge < -0.3 is 4.74 Å². The predicted octanol–water partition coefficient (Wildman–Crippen LogP) is 9.02. The fraction of sp³-hybridized carbons (Fsp3) is 0.270. The van der Waals surface area contributed by atoms with E-state index >= 15 is 0 Å². The second-order valence-corrected chi connectivity index (χ2v) is 12.0. The molecule has 4 aromatic rings. The maximum atomic E-state index is 11.3. The molecule has 0 N–H and O–H groups in total. The molecule has 0 aliphatic heterocycles. The monoisotopic (exact) mass is 512 g/mol. The van der Waals surface area contributed by atoms with Crippen molar-refractivity contribution in [1.82, 2.24) is 0 Å². The van der Waals surface area contributed by atoms with E-state index in [1.807, 2.05) is 0 Å². The van der Waals surface area contributed by atoms with Crippen LogP contribution in [0.2, 0.25) is 0 Å². The molecule has 0 aromatic heterocycles. The van der Waals surface area contributed by atoms with Gasteiger partial charge in [-0.2, -0.15) is 0 Å². The Bertz CT molecular complexity index is 1620. The van der Waals surface area contributed by atoms with Gasteiger partial charge in [0.1, 0.15) is 0 Å². The van der Waals surface area contributed by atoms with Crippen molar-refractivity contribution in [2.75, 3.05) is 6.61 Å². The van der Waals surface area contributed by atoms with E-state index in [1.165, 1.54) is 67.3 Å². The van der Waals surface area contributed by atoms with E-state index in [-0.39, 0.29) is 16.8 Å². The van der Waals surface area contributed by atoms with Gasteiger partial charge in [-0.1, -0.05) is 101 Å². The van der Waals surface area contributed by atoms with Crippen LogP contribution in [0.1, 0.15) is 68.4 Å². The van der Waals surface area contributed by atoms with Gasteiger partial charge >= 0.3 is 5.97 Å². The molecule has 0 spiro atoms. The molecule has 196 valence electrons. The quantitative estimate of drug-likeness (QED) is 0.140. The molecule has 0 bridgehead atoms. The number of rotatable bonds is 7. The van der Waals surface area contributed by atoms with Crippen LogP contribution in [-0.2, 0) is 26.8 Å². The van der Waals surface area contributed by atoms with Gasteiger partial charge in [0.2, 0.25) is 0 Å². The van der Waals surface area contributed by atoms with Gasteiger partial charge in [0.25, 0.3) is 0 Å². The Hall–Kier alpha value is -3.91. The molecule has 0 saturated carbocycles. The Morgan fingerprint density at radius 2 is 1.23 bits per heavy atom. The van der Waals surface area contributed by atoms with Crippen molar-refractivity contribution in [1.29, 1.82) is 0 Å². The summed E-state index contributed by atoms with van der Waals surface area (Å²) in [6.45, 7) is 13.3. The molecule has 4 aromatic carbocycles. The van der Waals surface area contributed by atoms with Crippen molar-refractivity contribution >= 4 is 5.97 Å². The minimum atomic E-state index is -0.347. The first-order valence-electron chi connectivity index (χ1n) is 14.0. The molecule has 0 amide bonds. The van der Waals surface area contributed by atoms with E-state index in [2.05, 4.69) is 113 Å². The first-order valence-corrected chi connectivity index (χ1v) is 14.0. The van der Waals surface area contributed by atoms with Gasteiger partial charge in [-0.15, -0.1) is 0 Å². The number of carbonyl (C=O) groups is 1. The molecule has 6 rings (SSSR count). The molecule has 39 heavy (non-hydrogen) atoms. The fourth-order valence-electron chi connectivity index (χ4n) is 6.67. The molecular weight excluding hydrogens is 476 g/mol. The molecule has 0 atom stereocenters. The Morgan fingerprint density at radius 3 is 1.87 bits per heavy atom. The van der Waals surface area contributed by atoms with Crippen molar-refractivity contribution in [2.24, 2.45) is 0 Å². The van der Waals surface area contributed by atoms with E-state index in [9.17, 15) is 4.79 Å². The molecule has 2 heteroatoms. The molecule has 2 aliphatic rings. The Labute approximate surface area is 232 Å². The highest BCUT2D eigenvalue weighted by molar-refractivity contribution is 5.86. The normalized spacial score (nSPS) is 15.2. The largest absolute Gasteiger partial charge is 0.463 e. The lowest BCUT2D eigenvalue weighted by Gasteiger charge is -2.23. The zero-order valence-electron chi connectivity index (χ0n) is 23.4. The summed E-state index contributed by atoms with van der Waals surface area (Å²) in [5.41, 5.74) is 14.9. The maximum Gasteiger partial charge on any atom is 0.330 e. The summed E-state index contributed by atoms with van der Waals surface area (Å²) in [5, 5.41) is 0. The topological polar surface area (TPSA) is 26.3 Å². The van der Waals surface area contributed by atoms with Crippen molar-refractivity contribution < 1.29 is 9.53 Å². The van der Waals surface area contributed by atoms with Gasteiger partial charge in [-0.3, -0.25) is 0 Å². The highest BCUT2D eigenvalue weighted by Gasteiger charge is 2.37. The van der Waals surface area contributed by atoms with Gasteiger partial charge in [0.15, 0.2) is 0 Å². The average molecular weight is 513 g/mol. The van der Waals surface area contributed by atoms with Crippen LogP contribution >= 0.6 is 0 Å². The number of hydrogen-bond donors (Lipinski definition) is 0. The number of benzene rings is 4. The van der Waals surface area contributed by atoms with Crippen LogP contribution in [0, 0.1) is 0 Å². The zero-order chi connectivity index (χ0) is 27.4. The highest BCUT2D eigenvalue weighted by atomic mass is 16.5. The number of aryl methyl sites for hydroxylation is 1. The lowest BCUT2D eigenvalue weighted by Crippen LogP contribution is -2.15. The number of esters is 1. The summed E-state index contributed by atoms with van der Waals surface area (Å²) in [6, 6.07) is 29.8. The van der Waals surface area contributed by atoms with Gasteiger partial charge in [-0.25, -0.2) is 4.79 Å². The number of unbranched alkanes of at least 4 members (excludes halogenated alkanes) is 1. The molecular formula is C37H36O2. The molecule has 0 unspecified atom stereocenters. The summed E-state index contributed by atoms with van der Waals surface area (Å²) >= 11 is 0. The third-order valence-corrected chi connectivity index (χ3v) is 8.93. The van der Waals surface area contributed by atoms with E-state index < -0.39 is 0 Å². The fourth-order valence-corrected chi connectivity index (χ4v) is 6.67. The first-order chi connectivity index (χ1) is 18.7. The lowest BCUT2D eigenvalue weighted by molar-refractivity contribution is -0.137. The highest BCUT2D eigenvalue weighted by Crippen LogP contribution is 2.52. The van der Waals surface area contributed by atoms with Crippen molar-refractivity contribution in [2.45, 2.75) is 57.8 Å². The van der Waals surface area contributed by atoms with E-state index in [1.54, 1.807) is 0 Å². The summed E-state index contributed by atoms with van der Waals surface area (Å²) in [7, 11) is 0. The van der Waals surface area contributed by atoms with E-state index in [4.69, 9.17) is 4.74 Å². The second kappa shape index (κ2) is 9.38. The molecule has 0 saturated heterocycles. The average Bonchev–Trinajstić information content (AvgIpc) is 3.31.